The largest absolute Gasteiger partial charge is 0.493 e. The molecule has 4 rings (SSSR count). The summed E-state index contributed by atoms with van der Waals surface area (Å²) in [5.74, 6) is -2.04. The molecule has 3 N–H and O–H groups in total. The first kappa shape index (κ1) is 28.6. The molecule has 0 aliphatic carbocycles. The number of carboxylic acid groups (broad SMARTS) is 2. The van der Waals surface area contributed by atoms with Crippen LogP contribution in [-0.2, 0) is 4.79 Å². The number of nitrogens with zero attached hydrogens (tertiary/aromatic N) is 2. The van der Waals surface area contributed by atoms with Crippen LogP contribution < -0.4 is 14.8 Å². The average Bonchev–Trinajstić information content (AvgIpc) is 3.27. The van der Waals surface area contributed by atoms with Crippen molar-refractivity contribution in [3.8, 4) is 21.9 Å². The van der Waals surface area contributed by atoms with Crippen LogP contribution in [0.2, 0.25) is 5.02 Å². The maximum Gasteiger partial charge on any atom is 0.349 e. The molecule has 0 spiro atoms. The van der Waals surface area contributed by atoms with Crippen molar-refractivity contribution < 1.29 is 39.0 Å². The number of piperidine rings is 1. The number of rotatable bonds is 10. The molecular weight excluding hydrogens is 566 g/mol. The van der Waals surface area contributed by atoms with Gasteiger partial charge < -0.3 is 29.9 Å². The quantitative estimate of drug-likeness (QED) is 0.205. The number of ether oxygens (including phenoxy) is 2. The summed E-state index contributed by atoms with van der Waals surface area (Å²) in [5.41, 5.74) is 0.555. The third-order valence-electron chi connectivity index (χ3n) is 6.17. The predicted octanol–water partition coefficient (Wildman–Crippen LogP) is 5.46. The van der Waals surface area contributed by atoms with Crippen LogP contribution in [0.1, 0.15) is 22.5 Å². The summed E-state index contributed by atoms with van der Waals surface area (Å²) >= 11 is 7.25. The lowest BCUT2D eigenvalue weighted by Crippen LogP contribution is -2.42. The number of nitrogens with one attached hydrogen (secondary N) is 1. The second-order valence-electron chi connectivity index (χ2n) is 8.86. The molecular formula is C26H24ClN3O9S. The van der Waals surface area contributed by atoms with Gasteiger partial charge in [0.1, 0.15) is 16.5 Å². The Kier molecular flexibility index (Phi) is 9.07. The van der Waals surface area contributed by atoms with Crippen LogP contribution in [0.25, 0.3) is 10.4 Å². The number of nitro benzene ring substituents is 1. The highest BCUT2D eigenvalue weighted by Crippen LogP contribution is 2.46. The van der Waals surface area contributed by atoms with Gasteiger partial charge in [0, 0.05) is 19.2 Å². The van der Waals surface area contributed by atoms with E-state index in [0.29, 0.717) is 48.7 Å². The van der Waals surface area contributed by atoms with E-state index in [-0.39, 0.29) is 32.9 Å². The van der Waals surface area contributed by atoms with E-state index in [4.69, 9.17) is 26.2 Å². The number of aliphatic carboxylic acids is 1. The Balaban J connectivity index is 1.35. The maximum atomic E-state index is 12.6. The van der Waals surface area contributed by atoms with E-state index in [1.807, 2.05) is 0 Å². The van der Waals surface area contributed by atoms with Crippen molar-refractivity contribution in [1.82, 2.24) is 4.90 Å². The summed E-state index contributed by atoms with van der Waals surface area (Å²) in [6.45, 7) is 0.575. The van der Waals surface area contributed by atoms with Crippen LogP contribution >= 0.6 is 22.9 Å². The monoisotopic (exact) mass is 589 g/mol. The van der Waals surface area contributed by atoms with Gasteiger partial charge in [0.05, 0.1) is 16.4 Å². The molecule has 1 aliphatic heterocycles. The SMILES string of the molecule is O=C(O)COc1c(C(=O)O)sc(-c2cccc(OCC3CCN(C(=O)Nc4ccccc4[N+](=O)[O-])CC3)c2)c1Cl. The number of carbonyl (C=O) groups excluding carboxylic acids is 1. The first-order valence-electron chi connectivity index (χ1n) is 12.1. The van der Waals surface area contributed by atoms with E-state index >= 15 is 0 Å². The Labute approximate surface area is 236 Å². The molecule has 12 nitrogen and oxygen atoms in total. The van der Waals surface area contributed by atoms with Crippen LogP contribution in [0.15, 0.2) is 48.5 Å². The van der Waals surface area contributed by atoms with Gasteiger partial charge in [0.25, 0.3) is 5.69 Å². The van der Waals surface area contributed by atoms with Crippen molar-refractivity contribution in [3.05, 3.63) is 68.5 Å². The van der Waals surface area contributed by atoms with Gasteiger partial charge in [-0.15, -0.1) is 11.3 Å². The van der Waals surface area contributed by atoms with Crippen LogP contribution in [0, 0.1) is 16.0 Å². The van der Waals surface area contributed by atoms with Gasteiger partial charge in [-0.25, -0.2) is 14.4 Å². The fourth-order valence-electron chi connectivity index (χ4n) is 4.16. The number of carbonyl (C=O) groups is 3. The molecule has 2 aromatic carbocycles. The zero-order valence-electron chi connectivity index (χ0n) is 20.9. The van der Waals surface area contributed by atoms with Crippen LogP contribution in [0.5, 0.6) is 11.5 Å². The first-order chi connectivity index (χ1) is 19.1. The normalized spacial score (nSPS) is 13.5. The first-order valence-corrected chi connectivity index (χ1v) is 13.3. The molecule has 14 heteroatoms. The Morgan fingerprint density at radius 1 is 1.10 bits per heavy atom. The zero-order valence-corrected chi connectivity index (χ0v) is 22.4. The Bertz CT molecular complexity index is 1440. The third kappa shape index (κ3) is 6.79. The Hall–Kier alpha value is -4.36. The molecule has 3 aromatic rings. The standard InChI is InChI=1S/C26H24ClN3O9S/c27-21-22(39-14-20(31)32)24(25(33)34)40-23(21)16-4-3-5-17(12-16)38-13-15-8-10-29(11-9-15)26(35)28-18-6-1-2-7-19(18)30(36)37/h1-7,12,15H,8-11,13-14H2,(H,28,35)(H,31,32)(H,33,34). The predicted molar refractivity (Wildman–Crippen MR) is 147 cm³/mol. The third-order valence-corrected chi connectivity index (χ3v) is 7.85. The number of halogens is 1. The van der Waals surface area contributed by atoms with Crippen molar-refractivity contribution in [1.29, 1.82) is 0 Å². The van der Waals surface area contributed by atoms with Gasteiger partial charge in [-0.05, 0) is 42.5 Å². The highest BCUT2D eigenvalue weighted by Gasteiger charge is 2.26. The molecule has 0 atom stereocenters. The van der Waals surface area contributed by atoms with Crippen molar-refractivity contribution in [2.24, 2.45) is 5.92 Å². The number of thiophene rings is 1. The lowest BCUT2D eigenvalue weighted by atomic mass is 9.98. The number of benzene rings is 2. The summed E-state index contributed by atoms with van der Waals surface area (Å²) in [6.07, 6.45) is 1.35. The topological polar surface area (TPSA) is 169 Å². The zero-order chi connectivity index (χ0) is 28.8. The summed E-state index contributed by atoms with van der Waals surface area (Å²) < 4.78 is 11.1. The Morgan fingerprint density at radius 2 is 1.82 bits per heavy atom. The fourth-order valence-corrected chi connectivity index (χ4v) is 5.56. The summed E-state index contributed by atoms with van der Waals surface area (Å²) in [7, 11) is 0. The van der Waals surface area contributed by atoms with Crippen LogP contribution in [-0.4, -0.2) is 64.3 Å². The molecule has 40 heavy (non-hydrogen) atoms. The minimum Gasteiger partial charge on any atom is -0.493 e. The van der Waals surface area contributed by atoms with Crippen LogP contribution in [0.3, 0.4) is 0 Å². The number of hydrogen-bond donors (Lipinski definition) is 3. The number of aromatic carboxylic acids is 1. The highest BCUT2D eigenvalue weighted by atomic mass is 35.5. The molecule has 1 aliphatic rings. The van der Waals surface area contributed by atoms with E-state index in [2.05, 4.69) is 5.32 Å². The van der Waals surface area contributed by atoms with Crippen LogP contribution in [0.4, 0.5) is 16.2 Å². The van der Waals surface area contributed by atoms with E-state index in [1.165, 1.54) is 18.2 Å². The number of nitro groups is 1. The van der Waals surface area contributed by atoms with Gasteiger partial charge in [0.15, 0.2) is 17.2 Å². The molecule has 0 unspecified atom stereocenters. The van der Waals surface area contributed by atoms with E-state index in [0.717, 1.165) is 11.3 Å². The number of urea groups is 1. The second-order valence-corrected chi connectivity index (χ2v) is 10.3. The number of likely N-dealkylation sites (tertiary alicyclic amines) is 1. The lowest BCUT2D eigenvalue weighted by molar-refractivity contribution is -0.383. The fraction of sp³-hybridized carbons (Fsp3) is 0.269. The van der Waals surface area contributed by atoms with E-state index < -0.39 is 29.5 Å². The van der Waals surface area contributed by atoms with Crippen molar-refractivity contribution in [3.63, 3.8) is 0 Å². The molecule has 1 aromatic heterocycles. The van der Waals surface area contributed by atoms with Crippen molar-refractivity contribution >= 4 is 52.3 Å². The van der Waals surface area contributed by atoms with E-state index in [1.54, 1.807) is 35.2 Å². The number of carboxylic acids is 2. The van der Waals surface area contributed by atoms with Gasteiger partial charge in [-0.2, -0.15) is 0 Å². The minimum atomic E-state index is -1.28. The summed E-state index contributed by atoms with van der Waals surface area (Å²) in [4.78, 5) is 47.6. The molecule has 1 saturated heterocycles. The number of hydrogen-bond acceptors (Lipinski definition) is 8. The Morgan fingerprint density at radius 3 is 2.50 bits per heavy atom. The van der Waals surface area contributed by atoms with E-state index in [9.17, 15) is 29.6 Å². The lowest BCUT2D eigenvalue weighted by Gasteiger charge is -2.31. The molecule has 0 bridgehead atoms. The van der Waals surface area contributed by atoms with Crippen molar-refractivity contribution in [2.45, 2.75) is 12.8 Å². The van der Waals surface area contributed by atoms with Gasteiger partial charge in [-0.1, -0.05) is 35.9 Å². The second kappa shape index (κ2) is 12.7. The summed E-state index contributed by atoms with van der Waals surface area (Å²) in [5, 5.41) is 32.2. The molecule has 2 amide bonds. The van der Waals surface area contributed by atoms with Gasteiger partial charge >= 0.3 is 18.0 Å². The smallest absolute Gasteiger partial charge is 0.349 e. The number of anilines is 1. The number of amides is 2. The van der Waals surface area contributed by atoms with Gasteiger partial charge in [-0.3, -0.25) is 10.1 Å². The molecule has 210 valence electrons. The number of para-hydroxylation sites is 2. The highest BCUT2D eigenvalue weighted by molar-refractivity contribution is 7.18. The average molecular weight is 590 g/mol. The summed E-state index contributed by atoms with van der Waals surface area (Å²) in [6, 6.07) is 12.5. The minimum absolute atomic E-state index is 0.00674. The maximum absolute atomic E-state index is 12.6. The molecule has 2 heterocycles. The molecule has 0 saturated carbocycles. The van der Waals surface area contributed by atoms with Gasteiger partial charge in [0.2, 0.25) is 0 Å². The molecule has 0 radical (unpaired) electrons. The van der Waals surface area contributed by atoms with Crippen molar-refractivity contribution in [2.75, 3.05) is 31.6 Å². The molecule has 1 fully saturated rings.